The summed E-state index contributed by atoms with van der Waals surface area (Å²) in [6, 6.07) is 97.5. The molecule has 3 nitrogen and oxygen atoms in total. The molecule has 0 saturated heterocycles. The molecule has 0 amide bonds. The van der Waals surface area contributed by atoms with Crippen LogP contribution in [-0.2, 0) is 5.41 Å². The summed E-state index contributed by atoms with van der Waals surface area (Å²) in [5.74, 6) is 0. The standard InChI is InChI=1S/C61H44BN3/c1-7-23-45(24-8-1)61(46-25-9-2-10-26-46,47-27-11-3-12-28-47)48-39-41-52(42-40-48)65-57-38-22-20-36-55(57)62-54-35-19-21-37-56(54)64(51-33-17-6-18-34-51)58-43-53(44-59(65)60(58)62)63(49-29-13-4-14-30-49)50-31-15-5-16-32-50/h1-44H. The number of anilines is 9. The lowest BCUT2D eigenvalue weighted by Gasteiger charge is -2.45. The van der Waals surface area contributed by atoms with E-state index >= 15 is 0 Å². The number of nitrogens with zero attached hydrogens (tertiary/aromatic N) is 3. The van der Waals surface area contributed by atoms with Crippen LogP contribution in [0, 0.1) is 0 Å². The zero-order valence-corrected chi connectivity index (χ0v) is 35.8. The van der Waals surface area contributed by atoms with Gasteiger partial charge in [-0.3, -0.25) is 0 Å². The van der Waals surface area contributed by atoms with Crippen molar-refractivity contribution in [2.24, 2.45) is 0 Å². The first kappa shape index (κ1) is 38.3. The van der Waals surface area contributed by atoms with Gasteiger partial charge in [-0.2, -0.15) is 0 Å². The van der Waals surface area contributed by atoms with Crippen LogP contribution in [0.3, 0.4) is 0 Å². The maximum atomic E-state index is 2.51. The van der Waals surface area contributed by atoms with Gasteiger partial charge in [0.05, 0.1) is 11.1 Å². The van der Waals surface area contributed by atoms with E-state index in [0.29, 0.717) is 0 Å². The number of hydrogen-bond acceptors (Lipinski definition) is 3. The van der Waals surface area contributed by atoms with Crippen molar-refractivity contribution in [3.05, 3.63) is 289 Å². The van der Waals surface area contributed by atoms with E-state index in [4.69, 9.17) is 0 Å². The molecule has 65 heavy (non-hydrogen) atoms. The summed E-state index contributed by atoms with van der Waals surface area (Å²) >= 11 is 0. The minimum absolute atomic E-state index is 0.0146. The van der Waals surface area contributed by atoms with Gasteiger partial charge < -0.3 is 14.7 Å². The van der Waals surface area contributed by atoms with Crippen LogP contribution < -0.4 is 31.1 Å². The Kier molecular flexibility index (Phi) is 9.49. The average molecular weight is 830 g/mol. The third-order valence-electron chi connectivity index (χ3n) is 13.3. The first-order valence-corrected chi connectivity index (χ1v) is 22.5. The van der Waals surface area contributed by atoms with Gasteiger partial charge in [0, 0.05) is 45.5 Å². The van der Waals surface area contributed by atoms with Crippen molar-refractivity contribution in [3.63, 3.8) is 0 Å². The molecular weight excluding hydrogens is 786 g/mol. The van der Waals surface area contributed by atoms with Crippen LogP contribution >= 0.6 is 0 Å². The average Bonchev–Trinajstić information content (AvgIpc) is 3.39. The lowest BCUT2D eigenvalue weighted by atomic mass is 9.33. The van der Waals surface area contributed by atoms with Crippen molar-refractivity contribution in [2.45, 2.75) is 5.41 Å². The molecule has 2 aliphatic rings. The predicted molar refractivity (Wildman–Crippen MR) is 273 cm³/mol. The highest BCUT2D eigenvalue weighted by Crippen LogP contribution is 2.50. The van der Waals surface area contributed by atoms with Crippen molar-refractivity contribution < 1.29 is 0 Å². The van der Waals surface area contributed by atoms with Gasteiger partial charge in [0.2, 0.25) is 0 Å². The lowest BCUT2D eigenvalue weighted by molar-refractivity contribution is 0.745. The number of fused-ring (bicyclic) bond motifs is 4. The quantitative estimate of drug-likeness (QED) is 0.106. The molecule has 2 aliphatic heterocycles. The summed E-state index contributed by atoms with van der Waals surface area (Å²) in [5, 5.41) is 0. The summed E-state index contributed by atoms with van der Waals surface area (Å²) in [6.07, 6.45) is 0. The van der Waals surface area contributed by atoms with Crippen LogP contribution in [-0.4, -0.2) is 6.71 Å². The van der Waals surface area contributed by atoms with E-state index in [1.165, 1.54) is 50.0 Å². The zero-order chi connectivity index (χ0) is 43.2. The van der Waals surface area contributed by atoms with E-state index in [0.717, 1.165) is 39.8 Å². The normalized spacial score (nSPS) is 12.5. The summed E-state index contributed by atoms with van der Waals surface area (Å²) in [5.41, 5.74) is 18.3. The van der Waals surface area contributed by atoms with Gasteiger partial charge >= 0.3 is 0 Å². The molecule has 4 heteroatoms. The molecule has 10 aromatic rings. The Morgan fingerprint density at radius 3 is 1.06 bits per heavy atom. The fourth-order valence-electron chi connectivity index (χ4n) is 10.7. The van der Waals surface area contributed by atoms with Crippen LogP contribution in [0.4, 0.5) is 51.2 Å². The zero-order valence-electron chi connectivity index (χ0n) is 35.8. The molecule has 0 aromatic heterocycles. The minimum Gasteiger partial charge on any atom is -0.311 e. The molecule has 12 rings (SSSR count). The molecule has 0 N–H and O–H groups in total. The maximum absolute atomic E-state index is 2.51. The molecule has 10 aromatic carbocycles. The number of para-hydroxylation sites is 5. The molecular formula is C61H44BN3. The van der Waals surface area contributed by atoms with Gasteiger partial charge in [0.25, 0.3) is 6.71 Å². The monoisotopic (exact) mass is 829 g/mol. The first-order valence-electron chi connectivity index (χ1n) is 22.5. The summed E-state index contributed by atoms with van der Waals surface area (Å²) in [6.45, 7) is 0.0146. The smallest absolute Gasteiger partial charge is 0.252 e. The molecule has 0 atom stereocenters. The van der Waals surface area contributed by atoms with E-state index < -0.39 is 5.41 Å². The largest absolute Gasteiger partial charge is 0.311 e. The Balaban J connectivity index is 1.13. The first-order chi connectivity index (χ1) is 32.3. The van der Waals surface area contributed by atoms with Gasteiger partial charge in [-0.05, 0) is 111 Å². The number of hydrogen-bond donors (Lipinski definition) is 0. The van der Waals surface area contributed by atoms with Crippen LogP contribution in [0.25, 0.3) is 0 Å². The Morgan fingerprint density at radius 2 is 0.631 bits per heavy atom. The van der Waals surface area contributed by atoms with E-state index in [9.17, 15) is 0 Å². The molecule has 0 spiro atoms. The Bertz CT molecular complexity index is 3120. The lowest BCUT2D eigenvalue weighted by Crippen LogP contribution is -2.61. The molecule has 0 saturated carbocycles. The fraction of sp³-hybridized carbons (Fsp3) is 0.0164. The van der Waals surface area contributed by atoms with Crippen LogP contribution in [0.5, 0.6) is 0 Å². The molecule has 0 fully saturated rings. The molecule has 2 heterocycles. The van der Waals surface area contributed by atoms with Gasteiger partial charge in [-0.25, -0.2) is 0 Å². The summed E-state index contributed by atoms with van der Waals surface area (Å²) < 4.78 is 0. The second kappa shape index (κ2) is 16.1. The van der Waals surface area contributed by atoms with Gasteiger partial charge in [0.1, 0.15) is 0 Å². The van der Waals surface area contributed by atoms with E-state index in [2.05, 4.69) is 282 Å². The van der Waals surface area contributed by atoms with Crippen LogP contribution in [0.15, 0.2) is 267 Å². The molecule has 0 unspecified atom stereocenters. The molecule has 0 radical (unpaired) electrons. The highest BCUT2D eigenvalue weighted by atomic mass is 15.2. The SMILES string of the molecule is c1ccc(N(c2ccccc2)c2cc3c4c(c2)N(c2ccc(C(c5ccccc5)(c5ccccc5)c5ccccc5)cc2)c2ccccc2B4c2ccccc2N3c2ccccc2)cc1. The van der Waals surface area contributed by atoms with E-state index in [1.54, 1.807) is 0 Å². The highest BCUT2D eigenvalue weighted by Gasteiger charge is 2.44. The van der Waals surface area contributed by atoms with E-state index in [1.807, 2.05) is 0 Å². The van der Waals surface area contributed by atoms with Crippen molar-refractivity contribution in [3.8, 4) is 0 Å². The fourth-order valence-corrected chi connectivity index (χ4v) is 10.7. The summed E-state index contributed by atoms with van der Waals surface area (Å²) in [4.78, 5) is 7.38. The molecule has 0 bridgehead atoms. The van der Waals surface area contributed by atoms with Gasteiger partial charge in [-0.15, -0.1) is 0 Å². The number of benzene rings is 10. The Morgan fingerprint density at radius 1 is 0.292 bits per heavy atom. The minimum atomic E-state index is -0.557. The summed E-state index contributed by atoms with van der Waals surface area (Å²) in [7, 11) is 0. The third-order valence-corrected chi connectivity index (χ3v) is 13.3. The predicted octanol–water partition coefficient (Wildman–Crippen LogP) is 13.6. The van der Waals surface area contributed by atoms with Crippen molar-refractivity contribution in [2.75, 3.05) is 14.7 Å². The Labute approximate surface area is 381 Å². The topological polar surface area (TPSA) is 9.72 Å². The van der Waals surface area contributed by atoms with Crippen LogP contribution in [0.1, 0.15) is 22.3 Å². The third kappa shape index (κ3) is 6.29. The maximum Gasteiger partial charge on any atom is 0.252 e. The van der Waals surface area contributed by atoms with Gasteiger partial charge in [0.15, 0.2) is 0 Å². The van der Waals surface area contributed by atoms with Crippen molar-refractivity contribution in [1.29, 1.82) is 0 Å². The molecule has 0 aliphatic carbocycles. The second-order valence-corrected chi connectivity index (χ2v) is 16.9. The van der Waals surface area contributed by atoms with Gasteiger partial charge in [-0.1, -0.05) is 194 Å². The Hall–Kier alpha value is -8.34. The van der Waals surface area contributed by atoms with E-state index in [-0.39, 0.29) is 6.71 Å². The van der Waals surface area contributed by atoms with Crippen molar-refractivity contribution in [1.82, 2.24) is 0 Å². The van der Waals surface area contributed by atoms with Crippen molar-refractivity contribution >= 4 is 74.3 Å². The number of rotatable bonds is 9. The molecule has 306 valence electrons. The second-order valence-electron chi connectivity index (χ2n) is 16.9. The highest BCUT2D eigenvalue weighted by molar-refractivity contribution is 7.00. The van der Waals surface area contributed by atoms with Crippen LogP contribution in [0.2, 0.25) is 0 Å².